The predicted octanol–water partition coefficient (Wildman–Crippen LogP) is 1.83. The molecule has 14 nitrogen and oxygen atoms in total. The molecule has 3 aromatic rings. The Morgan fingerprint density at radius 2 is 1.67 bits per heavy atom. The minimum Gasteiger partial charge on any atom is -0.508 e. The van der Waals surface area contributed by atoms with Gasteiger partial charge in [0.05, 0.1) is 12.6 Å². The number of aryl methyl sites for hydroxylation is 1. The van der Waals surface area contributed by atoms with E-state index in [0.717, 1.165) is 5.56 Å². The molecular formula is C34H44N8O6. The third-order valence-electron chi connectivity index (χ3n) is 7.88. The molecule has 0 saturated carbocycles. The summed E-state index contributed by atoms with van der Waals surface area (Å²) in [5.74, 6) is -1.59. The summed E-state index contributed by atoms with van der Waals surface area (Å²) in [6.07, 6.45) is 0.643. The molecule has 1 aliphatic rings. The number of aromatic hydroxyl groups is 1. The monoisotopic (exact) mass is 660 g/mol. The van der Waals surface area contributed by atoms with E-state index in [1.807, 2.05) is 44.2 Å². The van der Waals surface area contributed by atoms with E-state index in [2.05, 4.69) is 31.3 Å². The highest BCUT2D eigenvalue weighted by Gasteiger charge is 2.29. The van der Waals surface area contributed by atoms with Crippen molar-refractivity contribution in [2.75, 3.05) is 19.6 Å². The Labute approximate surface area is 279 Å². The molecule has 0 saturated heterocycles. The van der Waals surface area contributed by atoms with Gasteiger partial charge in [-0.05, 0) is 63.3 Å². The van der Waals surface area contributed by atoms with Gasteiger partial charge in [0.1, 0.15) is 30.2 Å². The summed E-state index contributed by atoms with van der Waals surface area (Å²) in [4.78, 5) is 72.5. The Kier molecular flexibility index (Phi) is 11.9. The van der Waals surface area contributed by atoms with Crippen molar-refractivity contribution in [3.63, 3.8) is 0 Å². The fourth-order valence-corrected chi connectivity index (χ4v) is 5.32. The number of carbonyl (C=O) groups excluding carboxylic acids is 5. The Hall–Kier alpha value is -5.27. The van der Waals surface area contributed by atoms with Gasteiger partial charge < -0.3 is 31.3 Å². The summed E-state index contributed by atoms with van der Waals surface area (Å²) in [6, 6.07) is 11.0. The summed E-state index contributed by atoms with van der Waals surface area (Å²) < 4.78 is 1.44. The lowest BCUT2D eigenvalue weighted by Gasteiger charge is -2.25. The summed E-state index contributed by atoms with van der Waals surface area (Å²) in [5.41, 5.74) is 1.51. The standard InChI is InChI=1S/C34H44N8O6/c1-20(2)16-26-33(47)37-22(4)31-39-30(24-10-7-6-8-11-24)40-42(31)19-28(44)35-14-9-15-41(18-29(45)36-23(5)32(46)38-26)34(48)25-12-13-27(43)21(3)17-25/h6-8,10-13,17,20,22-23,26,43H,9,14-16,18-19H2,1-5H3,(H,35,44)(H,36,45)(H,37,47)(H,38,46)/t22-,23+,26+/m0/s1. The first kappa shape index (κ1) is 35.6. The van der Waals surface area contributed by atoms with Crippen molar-refractivity contribution in [2.24, 2.45) is 5.92 Å². The van der Waals surface area contributed by atoms with E-state index in [-0.39, 0.29) is 49.3 Å². The Balaban J connectivity index is 1.64. The smallest absolute Gasteiger partial charge is 0.254 e. The highest BCUT2D eigenvalue weighted by Crippen LogP contribution is 2.20. The number of nitrogens with one attached hydrogen (secondary N) is 4. The number of phenolic OH excluding ortho intramolecular Hbond substituents is 1. The fraction of sp³-hybridized carbons (Fsp3) is 0.441. The van der Waals surface area contributed by atoms with E-state index in [4.69, 9.17) is 0 Å². The second-order valence-corrected chi connectivity index (χ2v) is 12.5. The van der Waals surface area contributed by atoms with E-state index >= 15 is 0 Å². The molecule has 0 bridgehead atoms. The largest absolute Gasteiger partial charge is 0.508 e. The highest BCUT2D eigenvalue weighted by molar-refractivity contribution is 5.98. The molecule has 0 radical (unpaired) electrons. The maximum atomic E-state index is 13.6. The van der Waals surface area contributed by atoms with Gasteiger partial charge in [-0.1, -0.05) is 44.2 Å². The van der Waals surface area contributed by atoms with Crippen LogP contribution < -0.4 is 21.3 Å². The average Bonchev–Trinajstić information content (AvgIpc) is 3.46. The second kappa shape index (κ2) is 16.0. The molecular weight excluding hydrogens is 616 g/mol. The maximum Gasteiger partial charge on any atom is 0.254 e. The van der Waals surface area contributed by atoms with Crippen LogP contribution in [0.25, 0.3) is 11.4 Å². The third kappa shape index (κ3) is 9.39. The molecule has 4 rings (SSSR count). The minimum atomic E-state index is -1.01. The topological polar surface area (TPSA) is 188 Å². The Morgan fingerprint density at radius 3 is 2.35 bits per heavy atom. The van der Waals surface area contributed by atoms with Crippen LogP contribution in [0.15, 0.2) is 48.5 Å². The molecule has 14 heteroatoms. The number of aromatic nitrogens is 3. The minimum absolute atomic E-state index is 0.0348. The third-order valence-corrected chi connectivity index (χ3v) is 7.88. The van der Waals surface area contributed by atoms with E-state index < -0.39 is 41.8 Å². The molecule has 2 heterocycles. The molecule has 1 aliphatic heterocycles. The van der Waals surface area contributed by atoms with Gasteiger partial charge in [0.25, 0.3) is 5.91 Å². The molecule has 2 aromatic carbocycles. The molecule has 0 fully saturated rings. The molecule has 1 aromatic heterocycles. The number of nitrogens with zero attached hydrogens (tertiary/aromatic N) is 4. The summed E-state index contributed by atoms with van der Waals surface area (Å²) in [5, 5.41) is 25.6. The quantitative estimate of drug-likeness (QED) is 0.280. The van der Waals surface area contributed by atoms with Gasteiger partial charge in [-0.2, -0.15) is 5.10 Å². The van der Waals surface area contributed by atoms with E-state index in [1.165, 1.54) is 34.7 Å². The van der Waals surface area contributed by atoms with Crippen molar-refractivity contribution in [3.8, 4) is 17.1 Å². The number of phenols is 1. The van der Waals surface area contributed by atoms with Crippen molar-refractivity contribution in [3.05, 3.63) is 65.5 Å². The molecule has 48 heavy (non-hydrogen) atoms. The fourth-order valence-electron chi connectivity index (χ4n) is 5.32. The van der Waals surface area contributed by atoms with Crippen LogP contribution in [0.1, 0.15) is 68.3 Å². The van der Waals surface area contributed by atoms with E-state index in [9.17, 15) is 29.1 Å². The lowest BCUT2D eigenvalue weighted by molar-refractivity contribution is -0.132. The van der Waals surface area contributed by atoms with Gasteiger partial charge in [-0.25, -0.2) is 9.67 Å². The first-order chi connectivity index (χ1) is 22.8. The van der Waals surface area contributed by atoms with Crippen molar-refractivity contribution >= 4 is 29.5 Å². The number of amides is 5. The van der Waals surface area contributed by atoms with Crippen molar-refractivity contribution in [2.45, 2.75) is 72.1 Å². The van der Waals surface area contributed by atoms with Crippen LogP contribution in [-0.4, -0.2) is 86.0 Å². The van der Waals surface area contributed by atoms with Crippen LogP contribution in [-0.2, 0) is 25.7 Å². The number of carbonyl (C=O) groups is 5. The summed E-state index contributed by atoms with van der Waals surface area (Å²) in [6.45, 7) is 8.50. The van der Waals surface area contributed by atoms with Gasteiger partial charge in [0.2, 0.25) is 23.6 Å². The molecule has 0 unspecified atom stereocenters. The van der Waals surface area contributed by atoms with Gasteiger partial charge in [0.15, 0.2) is 5.82 Å². The van der Waals surface area contributed by atoms with Crippen LogP contribution >= 0.6 is 0 Å². The molecule has 256 valence electrons. The van der Waals surface area contributed by atoms with Crippen molar-refractivity contribution < 1.29 is 29.1 Å². The number of fused-ring (bicyclic) bond motifs is 1. The normalized spacial score (nSPS) is 20.4. The maximum absolute atomic E-state index is 13.6. The van der Waals surface area contributed by atoms with Crippen LogP contribution in [0.2, 0.25) is 0 Å². The second-order valence-electron chi connectivity index (χ2n) is 12.5. The first-order valence-corrected chi connectivity index (χ1v) is 16.1. The number of hydrogen-bond acceptors (Lipinski definition) is 8. The first-order valence-electron chi connectivity index (χ1n) is 16.1. The van der Waals surface area contributed by atoms with E-state index in [1.54, 1.807) is 13.8 Å². The van der Waals surface area contributed by atoms with Gasteiger partial charge in [-0.15, -0.1) is 0 Å². The van der Waals surface area contributed by atoms with Gasteiger partial charge in [-0.3, -0.25) is 24.0 Å². The lowest BCUT2D eigenvalue weighted by Crippen LogP contribution is -2.54. The van der Waals surface area contributed by atoms with Gasteiger partial charge in [0, 0.05) is 24.2 Å². The van der Waals surface area contributed by atoms with Crippen LogP contribution in [0.3, 0.4) is 0 Å². The summed E-state index contributed by atoms with van der Waals surface area (Å²) in [7, 11) is 0. The Morgan fingerprint density at radius 1 is 0.938 bits per heavy atom. The Bertz CT molecular complexity index is 1640. The number of hydrogen-bond donors (Lipinski definition) is 5. The van der Waals surface area contributed by atoms with Crippen LogP contribution in [0.4, 0.5) is 0 Å². The molecule has 0 aliphatic carbocycles. The summed E-state index contributed by atoms with van der Waals surface area (Å²) >= 11 is 0. The zero-order chi connectivity index (χ0) is 35.0. The van der Waals surface area contributed by atoms with E-state index in [0.29, 0.717) is 30.1 Å². The SMILES string of the molecule is Cc1cc(C(=O)N2CCCNC(=O)Cn3nc(-c4ccccc4)nc3[C@H](C)NC(=O)[C@@H](CC(C)C)NC(=O)[C@@H](C)NC(=O)C2)ccc1O. The zero-order valence-corrected chi connectivity index (χ0v) is 27.9. The lowest BCUT2D eigenvalue weighted by atomic mass is 10.0. The number of benzene rings is 2. The molecule has 5 N–H and O–H groups in total. The van der Waals surface area contributed by atoms with Gasteiger partial charge >= 0.3 is 0 Å². The average molecular weight is 661 g/mol. The highest BCUT2D eigenvalue weighted by atomic mass is 16.3. The molecule has 0 spiro atoms. The number of rotatable bonds is 4. The van der Waals surface area contributed by atoms with Crippen molar-refractivity contribution in [1.82, 2.24) is 40.9 Å². The van der Waals surface area contributed by atoms with Crippen molar-refractivity contribution in [1.29, 1.82) is 0 Å². The zero-order valence-electron chi connectivity index (χ0n) is 27.9. The van der Waals surface area contributed by atoms with Crippen LogP contribution in [0, 0.1) is 12.8 Å². The van der Waals surface area contributed by atoms with Crippen LogP contribution in [0.5, 0.6) is 5.75 Å². The predicted molar refractivity (Wildman–Crippen MR) is 177 cm³/mol. The molecule has 5 amide bonds. The molecule has 3 atom stereocenters.